The molecule has 1 saturated heterocycles. The minimum Gasteiger partial charge on any atom is -0.198 e. The predicted molar refractivity (Wildman–Crippen MR) is 58.5 cm³/mol. The Kier molecular flexibility index (Phi) is 2.28. The van der Waals surface area contributed by atoms with Gasteiger partial charge >= 0.3 is 11.2 Å². The van der Waals surface area contributed by atoms with Crippen LogP contribution in [0.5, 0.6) is 0 Å². The van der Waals surface area contributed by atoms with Gasteiger partial charge in [-0.2, -0.15) is 17.6 Å². The Hall–Kier alpha value is -0.710. The van der Waals surface area contributed by atoms with E-state index in [-0.39, 0.29) is 18.2 Å². The van der Waals surface area contributed by atoms with E-state index in [1.165, 1.54) is 0 Å². The van der Waals surface area contributed by atoms with Crippen LogP contribution in [0.4, 0.5) is 17.6 Å². The lowest BCUT2D eigenvalue weighted by Crippen LogP contribution is -2.39. The van der Waals surface area contributed by atoms with Crippen LogP contribution in [-0.2, 0) is 6.42 Å². The smallest absolute Gasteiger partial charge is 0.198 e. The summed E-state index contributed by atoms with van der Waals surface area (Å²) in [6, 6.07) is 7.06. The van der Waals surface area contributed by atoms with Gasteiger partial charge in [0, 0.05) is 11.2 Å². The largest absolute Gasteiger partial charge is 0.357 e. The summed E-state index contributed by atoms with van der Waals surface area (Å²) in [6.07, 6.45) is 0.598. The van der Waals surface area contributed by atoms with Crippen LogP contribution in [-0.4, -0.2) is 11.2 Å². The zero-order valence-corrected chi connectivity index (χ0v) is 9.61. The Morgan fingerprint density at radius 2 is 1.82 bits per heavy atom. The highest BCUT2D eigenvalue weighted by atomic mass is 32.2. The molecule has 0 nitrogen and oxygen atoms in total. The maximum atomic E-state index is 13.6. The molecule has 0 bridgehead atoms. The van der Waals surface area contributed by atoms with Gasteiger partial charge in [0.1, 0.15) is 0 Å². The second-order valence-corrected chi connectivity index (χ2v) is 5.78. The van der Waals surface area contributed by atoms with E-state index in [1.54, 1.807) is 12.1 Å². The minimum atomic E-state index is -3.94. The summed E-state index contributed by atoms with van der Waals surface area (Å²) in [6.45, 7) is 0. The zero-order valence-electron chi connectivity index (χ0n) is 8.80. The van der Waals surface area contributed by atoms with Crippen LogP contribution in [0.3, 0.4) is 0 Å². The predicted octanol–water partition coefficient (Wildman–Crippen LogP) is 4.27. The zero-order chi connectivity index (χ0) is 12.3. The molecule has 0 unspecified atom stereocenters. The second kappa shape index (κ2) is 3.40. The van der Waals surface area contributed by atoms with E-state index in [9.17, 15) is 17.6 Å². The first-order valence-corrected chi connectivity index (χ1v) is 6.33. The maximum absolute atomic E-state index is 13.6. The fraction of sp³-hybridized carbons (Fsp3) is 0.500. The summed E-state index contributed by atoms with van der Waals surface area (Å²) in [7, 11) is 0. The van der Waals surface area contributed by atoms with Gasteiger partial charge in [-0.15, -0.1) is 0 Å². The van der Waals surface area contributed by atoms with E-state index in [0.717, 1.165) is 5.56 Å². The summed E-state index contributed by atoms with van der Waals surface area (Å²) in [4.78, 5) is 0. The lowest BCUT2D eigenvalue weighted by atomic mass is 9.80. The van der Waals surface area contributed by atoms with Crippen molar-refractivity contribution in [2.45, 2.75) is 29.3 Å². The molecular weight excluding hydrogens is 252 g/mol. The highest BCUT2D eigenvalue weighted by Gasteiger charge is 2.70. The van der Waals surface area contributed by atoms with E-state index in [2.05, 4.69) is 0 Å². The summed E-state index contributed by atoms with van der Waals surface area (Å²) >= 11 is 0.118. The molecule has 0 aromatic heterocycles. The third-order valence-corrected chi connectivity index (χ3v) is 4.99. The molecule has 0 amide bonds. The van der Waals surface area contributed by atoms with Crippen molar-refractivity contribution in [1.82, 2.24) is 0 Å². The molecule has 17 heavy (non-hydrogen) atoms. The number of alkyl halides is 4. The molecule has 1 aliphatic carbocycles. The van der Waals surface area contributed by atoms with Crippen LogP contribution < -0.4 is 0 Å². The molecule has 1 fully saturated rings. The first-order valence-electron chi connectivity index (χ1n) is 5.45. The van der Waals surface area contributed by atoms with Crippen LogP contribution in [0.15, 0.2) is 24.3 Å². The van der Waals surface area contributed by atoms with Gasteiger partial charge in [0.2, 0.25) is 0 Å². The number of hydrogen-bond acceptors (Lipinski definition) is 1. The van der Waals surface area contributed by atoms with Gasteiger partial charge < -0.3 is 0 Å². The number of aryl methyl sites for hydroxylation is 1. The Balaban J connectivity index is 2.08. The molecular formula is C12H10F4S. The van der Waals surface area contributed by atoms with E-state index < -0.39 is 22.3 Å². The maximum Gasteiger partial charge on any atom is 0.357 e. The molecule has 0 saturated carbocycles. The molecule has 2 atom stereocenters. The quantitative estimate of drug-likeness (QED) is 0.629. The standard InChI is InChI=1S/C12H10F4S/c13-11(14)9-6-5-7-3-1-2-4-8(7)10(9)17-12(11,15)16/h1-4,9-10H,5-6H2/t9-,10-/m1/s1. The lowest BCUT2D eigenvalue weighted by molar-refractivity contribution is -0.176. The van der Waals surface area contributed by atoms with Gasteiger partial charge in [-0.25, -0.2) is 0 Å². The first kappa shape index (κ1) is 11.4. The van der Waals surface area contributed by atoms with Crippen molar-refractivity contribution in [3.8, 4) is 0 Å². The molecule has 0 radical (unpaired) electrons. The average Bonchev–Trinajstić information content (AvgIpc) is 2.46. The molecule has 0 N–H and O–H groups in total. The highest BCUT2D eigenvalue weighted by Crippen LogP contribution is 2.66. The van der Waals surface area contributed by atoms with Crippen LogP contribution in [0.25, 0.3) is 0 Å². The van der Waals surface area contributed by atoms with Gasteiger partial charge in [0.05, 0.1) is 0 Å². The fourth-order valence-corrected chi connectivity index (χ4v) is 4.15. The minimum absolute atomic E-state index is 0.118. The van der Waals surface area contributed by atoms with Crippen LogP contribution >= 0.6 is 11.8 Å². The van der Waals surface area contributed by atoms with Gasteiger partial charge in [-0.05, 0) is 24.0 Å². The third kappa shape index (κ3) is 1.44. The molecule has 0 spiro atoms. The summed E-state index contributed by atoms with van der Waals surface area (Å²) in [5.41, 5.74) is 1.58. The number of benzene rings is 1. The molecule has 5 heteroatoms. The Bertz CT molecular complexity index is 458. The number of thioether (sulfide) groups is 1. The normalized spacial score (nSPS) is 32.9. The van der Waals surface area contributed by atoms with Crippen molar-refractivity contribution >= 4 is 11.8 Å². The SMILES string of the molecule is FC1(F)S[C@@H]2c3ccccc3CC[C@H]2C1(F)F. The summed E-state index contributed by atoms with van der Waals surface area (Å²) in [5, 5.41) is -4.72. The Morgan fingerprint density at radius 1 is 1.12 bits per heavy atom. The van der Waals surface area contributed by atoms with E-state index >= 15 is 0 Å². The highest BCUT2D eigenvalue weighted by molar-refractivity contribution is 8.00. The topological polar surface area (TPSA) is 0 Å². The Morgan fingerprint density at radius 3 is 2.59 bits per heavy atom. The van der Waals surface area contributed by atoms with Crippen molar-refractivity contribution in [3.05, 3.63) is 35.4 Å². The van der Waals surface area contributed by atoms with Gasteiger partial charge in [-0.3, -0.25) is 0 Å². The molecule has 3 rings (SSSR count). The lowest BCUT2D eigenvalue weighted by Gasteiger charge is -2.29. The van der Waals surface area contributed by atoms with Crippen molar-refractivity contribution in [2.24, 2.45) is 5.92 Å². The monoisotopic (exact) mass is 262 g/mol. The van der Waals surface area contributed by atoms with Crippen molar-refractivity contribution in [3.63, 3.8) is 0 Å². The summed E-state index contributed by atoms with van der Waals surface area (Å²) in [5.74, 6) is -5.13. The van der Waals surface area contributed by atoms with Gasteiger partial charge in [-0.1, -0.05) is 36.0 Å². The average molecular weight is 262 g/mol. The molecule has 1 aliphatic heterocycles. The molecule has 92 valence electrons. The van der Waals surface area contributed by atoms with Crippen LogP contribution in [0.2, 0.25) is 0 Å². The molecule has 1 heterocycles. The van der Waals surface area contributed by atoms with Crippen molar-refractivity contribution in [1.29, 1.82) is 0 Å². The van der Waals surface area contributed by atoms with E-state index in [1.807, 2.05) is 12.1 Å². The van der Waals surface area contributed by atoms with Gasteiger partial charge in [0.25, 0.3) is 0 Å². The fourth-order valence-electron chi connectivity index (χ4n) is 2.69. The molecule has 1 aromatic carbocycles. The number of halogens is 4. The molecule has 1 aromatic rings. The van der Waals surface area contributed by atoms with Crippen LogP contribution in [0, 0.1) is 5.92 Å². The van der Waals surface area contributed by atoms with Crippen molar-refractivity contribution < 1.29 is 17.6 Å². The first-order chi connectivity index (χ1) is 7.93. The number of fused-ring (bicyclic) bond motifs is 3. The number of hydrogen-bond donors (Lipinski definition) is 0. The third-order valence-electron chi connectivity index (χ3n) is 3.58. The van der Waals surface area contributed by atoms with E-state index in [4.69, 9.17) is 0 Å². The van der Waals surface area contributed by atoms with Gasteiger partial charge in [0.15, 0.2) is 0 Å². The van der Waals surface area contributed by atoms with Crippen LogP contribution in [0.1, 0.15) is 22.8 Å². The summed E-state index contributed by atoms with van der Waals surface area (Å²) < 4.78 is 53.8. The second-order valence-electron chi connectivity index (χ2n) is 4.52. The molecule has 2 aliphatic rings. The van der Waals surface area contributed by atoms with Crippen molar-refractivity contribution in [2.75, 3.05) is 0 Å². The number of rotatable bonds is 0. The Labute approximate surface area is 100 Å². The van der Waals surface area contributed by atoms with E-state index in [0.29, 0.717) is 12.0 Å².